The summed E-state index contributed by atoms with van der Waals surface area (Å²) < 4.78 is 5.77. The van der Waals surface area contributed by atoms with Gasteiger partial charge in [0.15, 0.2) is 5.75 Å². The highest BCUT2D eigenvalue weighted by Crippen LogP contribution is 2.36. The Balaban J connectivity index is 1.87. The van der Waals surface area contributed by atoms with Crippen molar-refractivity contribution in [2.75, 3.05) is 0 Å². The van der Waals surface area contributed by atoms with Crippen LogP contribution in [0.25, 0.3) is 11.6 Å². The number of rotatable bonds is 5. The van der Waals surface area contributed by atoms with Crippen LogP contribution in [-0.2, 0) is 6.61 Å². The number of allylic oxidation sites excluding steroid dienone is 1. The van der Waals surface area contributed by atoms with Crippen molar-refractivity contribution in [1.29, 1.82) is 5.26 Å². The number of hydrogen-bond donors (Lipinski definition) is 0. The smallest absolute Gasteiger partial charge is 0.157 e. The molecule has 0 fully saturated rings. The standard InChI is InChI=1S/C22H12Cl5NO/c23-16-6-5-14(19(25)10-16)12-29-22-20(26)8-13(9-21(22)27)7-15(11-28)17-3-1-2-4-18(17)24/h1-10H,12H2. The van der Waals surface area contributed by atoms with E-state index in [1.807, 2.05) is 6.07 Å². The summed E-state index contributed by atoms with van der Waals surface area (Å²) in [6, 6.07) is 17.7. The summed E-state index contributed by atoms with van der Waals surface area (Å²) in [4.78, 5) is 0. The van der Waals surface area contributed by atoms with E-state index in [1.54, 1.807) is 54.6 Å². The van der Waals surface area contributed by atoms with Gasteiger partial charge in [-0.2, -0.15) is 5.26 Å². The lowest BCUT2D eigenvalue weighted by molar-refractivity contribution is 0.306. The van der Waals surface area contributed by atoms with Crippen LogP contribution in [0.1, 0.15) is 16.7 Å². The van der Waals surface area contributed by atoms with Gasteiger partial charge in [-0.05, 0) is 42.0 Å². The fourth-order valence-electron chi connectivity index (χ4n) is 2.61. The lowest BCUT2D eigenvalue weighted by Gasteiger charge is -2.12. The van der Waals surface area contributed by atoms with E-state index in [1.165, 1.54) is 0 Å². The highest BCUT2D eigenvalue weighted by molar-refractivity contribution is 6.37. The monoisotopic (exact) mass is 481 g/mol. The van der Waals surface area contributed by atoms with Gasteiger partial charge in [0.2, 0.25) is 0 Å². The average molecular weight is 484 g/mol. The molecule has 0 saturated carbocycles. The molecule has 146 valence electrons. The van der Waals surface area contributed by atoms with Crippen LogP contribution in [0.3, 0.4) is 0 Å². The summed E-state index contributed by atoms with van der Waals surface area (Å²) in [7, 11) is 0. The average Bonchev–Trinajstić information content (AvgIpc) is 2.67. The number of benzene rings is 3. The SMILES string of the molecule is N#CC(=Cc1cc(Cl)c(OCc2ccc(Cl)cc2Cl)c(Cl)c1)c1ccccc1Cl. The van der Waals surface area contributed by atoms with E-state index in [0.717, 1.165) is 5.56 Å². The zero-order valence-corrected chi connectivity index (χ0v) is 18.5. The molecule has 0 amide bonds. The third-order valence-electron chi connectivity index (χ3n) is 4.00. The molecule has 0 aliphatic heterocycles. The lowest BCUT2D eigenvalue weighted by atomic mass is 10.0. The molecule has 0 unspecified atom stereocenters. The number of nitrogens with zero attached hydrogens (tertiary/aromatic N) is 1. The first kappa shape index (κ1) is 21.8. The normalized spacial score (nSPS) is 11.2. The maximum atomic E-state index is 9.52. The molecule has 3 rings (SSSR count). The van der Waals surface area contributed by atoms with Gasteiger partial charge in [0.05, 0.1) is 21.7 Å². The van der Waals surface area contributed by atoms with Crippen molar-refractivity contribution in [2.45, 2.75) is 6.61 Å². The first-order valence-electron chi connectivity index (χ1n) is 8.31. The van der Waals surface area contributed by atoms with Gasteiger partial charge >= 0.3 is 0 Å². The van der Waals surface area contributed by atoms with Crippen LogP contribution in [0.4, 0.5) is 0 Å². The minimum atomic E-state index is 0.174. The molecule has 0 N–H and O–H groups in total. The summed E-state index contributed by atoms with van der Waals surface area (Å²) in [5.74, 6) is 0.327. The zero-order valence-electron chi connectivity index (χ0n) is 14.7. The quantitative estimate of drug-likeness (QED) is 0.269. The fourth-order valence-corrected chi connectivity index (χ4v) is 3.92. The molecule has 2 nitrogen and oxygen atoms in total. The number of hydrogen-bond acceptors (Lipinski definition) is 2. The second-order valence-corrected chi connectivity index (χ2v) is 8.05. The first-order valence-corrected chi connectivity index (χ1v) is 10.2. The van der Waals surface area contributed by atoms with Crippen molar-refractivity contribution in [3.63, 3.8) is 0 Å². The van der Waals surface area contributed by atoms with Crippen LogP contribution in [0.15, 0.2) is 54.6 Å². The number of halogens is 5. The molecule has 29 heavy (non-hydrogen) atoms. The summed E-state index contributed by atoms with van der Waals surface area (Å²) >= 11 is 31.0. The van der Waals surface area contributed by atoms with Gasteiger partial charge in [0, 0.05) is 26.2 Å². The van der Waals surface area contributed by atoms with Crippen molar-refractivity contribution in [3.8, 4) is 11.8 Å². The van der Waals surface area contributed by atoms with E-state index < -0.39 is 0 Å². The van der Waals surface area contributed by atoms with Crippen molar-refractivity contribution >= 4 is 69.7 Å². The van der Waals surface area contributed by atoms with Crippen LogP contribution >= 0.6 is 58.0 Å². The predicted octanol–water partition coefficient (Wildman–Crippen LogP) is 8.60. The molecular weight excluding hydrogens is 472 g/mol. The Morgan fingerprint density at radius 3 is 2.17 bits per heavy atom. The van der Waals surface area contributed by atoms with Crippen molar-refractivity contribution in [1.82, 2.24) is 0 Å². The molecule has 0 bridgehead atoms. The molecule has 7 heteroatoms. The minimum absolute atomic E-state index is 0.174. The van der Waals surface area contributed by atoms with Crippen molar-refractivity contribution in [2.24, 2.45) is 0 Å². The Hall–Kier alpha value is -1.86. The third-order valence-corrected chi connectivity index (χ3v) is 5.48. The van der Waals surface area contributed by atoms with Gasteiger partial charge in [-0.25, -0.2) is 0 Å². The Kier molecular flexibility index (Phi) is 7.35. The fraction of sp³-hybridized carbons (Fsp3) is 0.0455. The topological polar surface area (TPSA) is 33.0 Å². The van der Waals surface area contributed by atoms with Gasteiger partial charge in [-0.15, -0.1) is 0 Å². The van der Waals surface area contributed by atoms with Crippen LogP contribution in [0, 0.1) is 11.3 Å². The molecule has 3 aromatic rings. The van der Waals surface area contributed by atoms with Gasteiger partial charge in [0.1, 0.15) is 6.61 Å². The summed E-state index contributed by atoms with van der Waals surface area (Å²) in [5.41, 5.74) is 2.41. The molecule has 0 heterocycles. The lowest BCUT2D eigenvalue weighted by Crippen LogP contribution is -1.98. The maximum Gasteiger partial charge on any atom is 0.157 e. The second kappa shape index (κ2) is 9.76. The minimum Gasteiger partial charge on any atom is -0.486 e. The van der Waals surface area contributed by atoms with E-state index in [4.69, 9.17) is 62.7 Å². The first-order chi connectivity index (χ1) is 13.9. The maximum absolute atomic E-state index is 9.52. The van der Waals surface area contributed by atoms with Crippen LogP contribution in [0.2, 0.25) is 25.1 Å². The van der Waals surface area contributed by atoms with Gasteiger partial charge in [-0.1, -0.05) is 82.3 Å². The Morgan fingerprint density at radius 2 is 1.55 bits per heavy atom. The van der Waals surface area contributed by atoms with Crippen LogP contribution < -0.4 is 4.74 Å². The Morgan fingerprint density at radius 1 is 0.862 bits per heavy atom. The summed E-state index contributed by atoms with van der Waals surface area (Å²) in [6.45, 7) is 0.174. The molecule has 0 aromatic heterocycles. The molecule has 0 aliphatic rings. The van der Waals surface area contributed by atoms with Crippen LogP contribution in [0.5, 0.6) is 5.75 Å². The molecule has 0 aliphatic carbocycles. The highest BCUT2D eigenvalue weighted by Gasteiger charge is 2.12. The summed E-state index contributed by atoms with van der Waals surface area (Å²) in [6.07, 6.45) is 1.67. The number of nitriles is 1. The van der Waals surface area contributed by atoms with E-state index in [-0.39, 0.29) is 6.61 Å². The zero-order chi connectivity index (χ0) is 21.0. The van der Waals surface area contributed by atoms with Gasteiger partial charge < -0.3 is 4.74 Å². The van der Waals surface area contributed by atoms with E-state index >= 15 is 0 Å². The second-order valence-electron chi connectivity index (χ2n) is 5.99. The molecule has 0 atom stereocenters. The molecule has 0 saturated heterocycles. The Bertz CT molecular complexity index is 1110. The third kappa shape index (κ3) is 5.39. The molecule has 0 radical (unpaired) electrons. The molecular formula is C22H12Cl5NO. The van der Waals surface area contributed by atoms with Gasteiger partial charge in [-0.3, -0.25) is 0 Å². The predicted molar refractivity (Wildman–Crippen MR) is 122 cm³/mol. The van der Waals surface area contributed by atoms with E-state index in [0.29, 0.717) is 47.6 Å². The van der Waals surface area contributed by atoms with Gasteiger partial charge in [0.25, 0.3) is 0 Å². The van der Waals surface area contributed by atoms with Crippen molar-refractivity contribution < 1.29 is 4.74 Å². The summed E-state index contributed by atoms with van der Waals surface area (Å²) in [5, 5.41) is 11.7. The van der Waals surface area contributed by atoms with E-state index in [2.05, 4.69) is 6.07 Å². The molecule has 3 aromatic carbocycles. The molecule has 0 spiro atoms. The van der Waals surface area contributed by atoms with Crippen LogP contribution in [-0.4, -0.2) is 0 Å². The largest absolute Gasteiger partial charge is 0.486 e. The highest BCUT2D eigenvalue weighted by atomic mass is 35.5. The van der Waals surface area contributed by atoms with Crippen molar-refractivity contribution in [3.05, 3.63) is 96.4 Å². The Labute approximate surface area is 193 Å². The number of ether oxygens (including phenoxy) is 1. The van der Waals surface area contributed by atoms with E-state index in [9.17, 15) is 5.26 Å².